The van der Waals surface area contributed by atoms with Crippen molar-refractivity contribution in [3.05, 3.63) is 33.3 Å². The highest BCUT2D eigenvalue weighted by molar-refractivity contribution is 9.10. The SMILES string of the molecule is CC(Cl)C1CCN(C(=O)c2cccc(Br)c2Cl)CC1. The van der Waals surface area contributed by atoms with E-state index >= 15 is 0 Å². The molecule has 2 rings (SSSR count). The maximum atomic E-state index is 12.4. The smallest absolute Gasteiger partial charge is 0.255 e. The molecule has 1 amide bonds. The summed E-state index contributed by atoms with van der Waals surface area (Å²) in [6.45, 7) is 3.53. The Labute approximate surface area is 132 Å². The number of carbonyl (C=O) groups is 1. The molecule has 1 unspecified atom stereocenters. The van der Waals surface area contributed by atoms with Gasteiger partial charge in [-0.1, -0.05) is 17.7 Å². The molecule has 2 nitrogen and oxygen atoms in total. The molecule has 1 saturated heterocycles. The second-order valence-corrected chi connectivity index (χ2v) is 6.83. The summed E-state index contributed by atoms with van der Waals surface area (Å²) >= 11 is 15.6. The Morgan fingerprint density at radius 3 is 2.63 bits per heavy atom. The third-order valence-electron chi connectivity index (χ3n) is 3.66. The van der Waals surface area contributed by atoms with Gasteiger partial charge in [-0.3, -0.25) is 4.79 Å². The summed E-state index contributed by atoms with van der Waals surface area (Å²) in [5.41, 5.74) is 0.563. The Bertz CT molecular complexity index is 471. The molecule has 0 saturated carbocycles. The lowest BCUT2D eigenvalue weighted by Gasteiger charge is -2.33. The zero-order chi connectivity index (χ0) is 14.0. The van der Waals surface area contributed by atoms with Crippen LogP contribution >= 0.6 is 39.1 Å². The minimum absolute atomic E-state index is 0.00646. The number of piperidine rings is 1. The molecule has 19 heavy (non-hydrogen) atoms. The maximum absolute atomic E-state index is 12.4. The molecule has 1 atom stereocenters. The molecule has 1 aromatic carbocycles. The van der Waals surface area contributed by atoms with Crippen LogP contribution in [0, 0.1) is 5.92 Å². The van der Waals surface area contributed by atoms with Gasteiger partial charge in [-0.2, -0.15) is 0 Å². The van der Waals surface area contributed by atoms with Crippen LogP contribution in [0.1, 0.15) is 30.1 Å². The summed E-state index contributed by atoms with van der Waals surface area (Å²) in [5, 5.41) is 0.659. The van der Waals surface area contributed by atoms with E-state index in [-0.39, 0.29) is 11.3 Å². The van der Waals surface area contributed by atoms with Gasteiger partial charge in [0.2, 0.25) is 0 Å². The van der Waals surface area contributed by atoms with E-state index in [1.165, 1.54) is 0 Å². The molecule has 1 fully saturated rings. The molecule has 0 radical (unpaired) electrons. The molecule has 5 heteroatoms. The van der Waals surface area contributed by atoms with Gasteiger partial charge in [0.05, 0.1) is 10.6 Å². The summed E-state index contributed by atoms with van der Waals surface area (Å²) in [7, 11) is 0. The van der Waals surface area contributed by atoms with Crippen molar-refractivity contribution in [2.45, 2.75) is 25.1 Å². The molecule has 0 bridgehead atoms. The Morgan fingerprint density at radius 2 is 2.05 bits per heavy atom. The molecular formula is C14H16BrCl2NO. The molecule has 0 N–H and O–H groups in total. The van der Waals surface area contributed by atoms with Crippen molar-refractivity contribution in [2.24, 2.45) is 5.92 Å². The van der Waals surface area contributed by atoms with E-state index in [1.807, 2.05) is 24.0 Å². The summed E-state index contributed by atoms with van der Waals surface area (Å²) in [6, 6.07) is 5.43. The molecule has 0 aromatic heterocycles. The Balaban J connectivity index is 2.07. The average Bonchev–Trinajstić information content (AvgIpc) is 2.41. The maximum Gasteiger partial charge on any atom is 0.255 e. The normalized spacial score (nSPS) is 18.4. The second kappa shape index (κ2) is 6.47. The standard InChI is InChI=1S/C14H16BrCl2NO/c1-9(16)10-5-7-18(8-6-10)14(19)11-3-2-4-12(15)13(11)17/h2-4,9-10H,5-8H2,1H3. The molecule has 0 aliphatic carbocycles. The summed E-state index contributed by atoms with van der Waals surface area (Å²) in [6.07, 6.45) is 1.92. The monoisotopic (exact) mass is 363 g/mol. The number of alkyl halides is 1. The van der Waals surface area contributed by atoms with E-state index in [0.29, 0.717) is 16.5 Å². The fourth-order valence-electron chi connectivity index (χ4n) is 2.40. The predicted octanol–water partition coefficient (Wildman–Crippen LogP) is 4.58. The van der Waals surface area contributed by atoms with E-state index in [0.717, 1.165) is 30.4 Å². The lowest BCUT2D eigenvalue weighted by molar-refractivity contribution is 0.0690. The van der Waals surface area contributed by atoms with Crippen molar-refractivity contribution >= 4 is 45.0 Å². The quantitative estimate of drug-likeness (QED) is 0.703. The van der Waals surface area contributed by atoms with Gasteiger partial charge in [0.25, 0.3) is 5.91 Å². The number of amides is 1. The molecule has 1 aromatic rings. The first-order valence-corrected chi connectivity index (χ1v) is 7.98. The predicted molar refractivity (Wildman–Crippen MR) is 83.1 cm³/mol. The molecule has 1 aliphatic heterocycles. The Hall–Kier alpha value is -0.250. The van der Waals surface area contributed by atoms with E-state index in [1.54, 1.807) is 6.07 Å². The number of rotatable bonds is 2. The Morgan fingerprint density at radius 1 is 1.42 bits per heavy atom. The van der Waals surface area contributed by atoms with Crippen LogP contribution in [0.5, 0.6) is 0 Å². The highest BCUT2D eigenvalue weighted by Gasteiger charge is 2.27. The topological polar surface area (TPSA) is 20.3 Å². The average molecular weight is 365 g/mol. The van der Waals surface area contributed by atoms with Crippen molar-refractivity contribution in [2.75, 3.05) is 13.1 Å². The number of likely N-dealkylation sites (tertiary alicyclic amines) is 1. The van der Waals surface area contributed by atoms with E-state index in [2.05, 4.69) is 15.9 Å². The van der Waals surface area contributed by atoms with Gasteiger partial charge in [0.15, 0.2) is 0 Å². The van der Waals surface area contributed by atoms with Crippen LogP contribution in [0.4, 0.5) is 0 Å². The molecule has 1 aliphatic rings. The first kappa shape index (κ1) is 15.1. The van der Waals surface area contributed by atoms with Crippen molar-refractivity contribution in [1.29, 1.82) is 0 Å². The summed E-state index contributed by atoms with van der Waals surface area (Å²) in [5.74, 6) is 0.510. The van der Waals surface area contributed by atoms with Gasteiger partial charge in [-0.15, -0.1) is 11.6 Å². The van der Waals surface area contributed by atoms with Crippen LogP contribution in [0.15, 0.2) is 22.7 Å². The van der Waals surface area contributed by atoms with Gasteiger partial charge in [-0.05, 0) is 53.7 Å². The largest absolute Gasteiger partial charge is 0.339 e. The fraction of sp³-hybridized carbons (Fsp3) is 0.500. The van der Waals surface area contributed by atoms with Crippen molar-refractivity contribution in [3.63, 3.8) is 0 Å². The van der Waals surface area contributed by atoms with Crippen molar-refractivity contribution < 1.29 is 4.79 Å². The summed E-state index contributed by atoms with van der Waals surface area (Å²) in [4.78, 5) is 14.3. The number of nitrogens with zero attached hydrogens (tertiary/aromatic N) is 1. The molecule has 104 valence electrons. The number of hydrogen-bond donors (Lipinski definition) is 0. The van der Waals surface area contributed by atoms with Gasteiger partial charge in [0.1, 0.15) is 0 Å². The number of hydrogen-bond acceptors (Lipinski definition) is 1. The number of halogens is 3. The molecule has 0 spiro atoms. The minimum atomic E-state index is 0.00646. The van der Waals surface area contributed by atoms with Crippen molar-refractivity contribution in [3.8, 4) is 0 Å². The zero-order valence-corrected chi connectivity index (χ0v) is 13.8. The molecular weight excluding hydrogens is 349 g/mol. The van der Waals surface area contributed by atoms with E-state index in [4.69, 9.17) is 23.2 Å². The van der Waals surface area contributed by atoms with E-state index < -0.39 is 0 Å². The summed E-state index contributed by atoms with van der Waals surface area (Å²) < 4.78 is 0.754. The lowest BCUT2D eigenvalue weighted by atomic mass is 9.93. The van der Waals surface area contributed by atoms with Crippen LogP contribution in [-0.4, -0.2) is 29.3 Å². The van der Waals surface area contributed by atoms with Gasteiger partial charge in [-0.25, -0.2) is 0 Å². The fourth-order valence-corrected chi connectivity index (χ4v) is 3.23. The number of carbonyl (C=O) groups excluding carboxylic acids is 1. The van der Waals surface area contributed by atoms with Gasteiger partial charge in [0, 0.05) is 22.9 Å². The van der Waals surface area contributed by atoms with Crippen LogP contribution in [0.3, 0.4) is 0 Å². The molecule has 1 heterocycles. The van der Waals surface area contributed by atoms with Crippen LogP contribution in [0.25, 0.3) is 0 Å². The number of benzene rings is 1. The van der Waals surface area contributed by atoms with Crippen LogP contribution in [-0.2, 0) is 0 Å². The Kier molecular flexibility index (Phi) is 5.15. The first-order chi connectivity index (χ1) is 9.00. The zero-order valence-electron chi connectivity index (χ0n) is 10.7. The lowest BCUT2D eigenvalue weighted by Crippen LogP contribution is -2.40. The third-order valence-corrected chi connectivity index (χ3v) is 5.31. The van der Waals surface area contributed by atoms with Crippen LogP contribution < -0.4 is 0 Å². The van der Waals surface area contributed by atoms with Crippen molar-refractivity contribution in [1.82, 2.24) is 4.90 Å². The highest BCUT2D eigenvalue weighted by atomic mass is 79.9. The van der Waals surface area contributed by atoms with Crippen LogP contribution in [0.2, 0.25) is 5.02 Å². The highest BCUT2D eigenvalue weighted by Crippen LogP contribution is 2.29. The van der Waals surface area contributed by atoms with Gasteiger partial charge < -0.3 is 4.90 Å². The minimum Gasteiger partial charge on any atom is -0.339 e. The first-order valence-electron chi connectivity index (χ1n) is 6.38. The van der Waals surface area contributed by atoms with Gasteiger partial charge >= 0.3 is 0 Å². The third kappa shape index (κ3) is 3.45. The second-order valence-electron chi connectivity index (χ2n) is 4.91. The van der Waals surface area contributed by atoms with E-state index in [9.17, 15) is 4.79 Å².